The Labute approximate surface area is 126 Å². The Morgan fingerprint density at radius 1 is 1.40 bits per heavy atom. The maximum absolute atomic E-state index is 11.1. The van der Waals surface area contributed by atoms with E-state index in [0.717, 1.165) is 30.6 Å². The van der Waals surface area contributed by atoms with Crippen LogP contribution in [0.25, 0.3) is 0 Å². The monoisotopic (exact) mass is 291 g/mol. The Kier molecular flexibility index (Phi) is 4.27. The van der Waals surface area contributed by atoms with Crippen molar-refractivity contribution in [3.8, 4) is 6.07 Å². The molecular weight excluding hydrogens is 266 g/mol. The second-order valence-corrected chi connectivity index (χ2v) is 8.05. The molecule has 0 amide bonds. The zero-order valence-corrected chi connectivity index (χ0v) is 13.8. The molecule has 0 spiro atoms. The average Bonchev–Trinajstić information content (AvgIpc) is 2.86. The molecule has 1 saturated carbocycles. The molecular formula is C17H25NOS. The lowest BCUT2D eigenvalue weighted by Gasteiger charge is -2.45. The third-order valence-corrected chi connectivity index (χ3v) is 6.40. The van der Waals surface area contributed by atoms with Crippen molar-refractivity contribution in [2.75, 3.05) is 0 Å². The SMILES string of the molecule is Cc1ccc(C(C)(O)C2(C#N)CCC(C(C)C)CC2)s1. The van der Waals surface area contributed by atoms with Crippen LogP contribution in [0.1, 0.15) is 56.2 Å². The van der Waals surface area contributed by atoms with Gasteiger partial charge < -0.3 is 5.11 Å². The average molecular weight is 291 g/mol. The molecule has 1 aromatic rings. The van der Waals surface area contributed by atoms with Gasteiger partial charge in [-0.2, -0.15) is 5.26 Å². The second kappa shape index (κ2) is 5.50. The lowest BCUT2D eigenvalue weighted by molar-refractivity contribution is -0.0694. The largest absolute Gasteiger partial charge is 0.383 e. The van der Waals surface area contributed by atoms with Crippen LogP contribution in [0.15, 0.2) is 12.1 Å². The van der Waals surface area contributed by atoms with Crippen LogP contribution in [0, 0.1) is 35.5 Å². The topological polar surface area (TPSA) is 44.0 Å². The first-order valence-electron chi connectivity index (χ1n) is 7.53. The van der Waals surface area contributed by atoms with Crippen molar-refractivity contribution in [3.63, 3.8) is 0 Å². The molecule has 1 aromatic heterocycles. The normalized spacial score (nSPS) is 29.9. The number of nitriles is 1. The van der Waals surface area contributed by atoms with Gasteiger partial charge in [-0.25, -0.2) is 0 Å². The smallest absolute Gasteiger partial charge is 0.114 e. The predicted octanol–water partition coefficient (Wildman–Crippen LogP) is 4.62. The Morgan fingerprint density at radius 3 is 2.40 bits per heavy atom. The number of rotatable bonds is 3. The first-order chi connectivity index (χ1) is 9.32. The quantitative estimate of drug-likeness (QED) is 0.883. The van der Waals surface area contributed by atoms with Crippen LogP contribution in [-0.4, -0.2) is 5.11 Å². The van der Waals surface area contributed by atoms with Gasteiger partial charge >= 0.3 is 0 Å². The minimum atomic E-state index is -1.04. The van der Waals surface area contributed by atoms with Gasteiger partial charge in [-0.1, -0.05) is 13.8 Å². The minimum Gasteiger partial charge on any atom is -0.383 e. The van der Waals surface area contributed by atoms with Crippen molar-refractivity contribution in [1.82, 2.24) is 0 Å². The van der Waals surface area contributed by atoms with Crippen LogP contribution in [-0.2, 0) is 5.60 Å². The van der Waals surface area contributed by atoms with Crippen molar-refractivity contribution < 1.29 is 5.11 Å². The molecule has 1 heterocycles. The molecule has 0 radical (unpaired) electrons. The van der Waals surface area contributed by atoms with E-state index in [-0.39, 0.29) is 0 Å². The van der Waals surface area contributed by atoms with Crippen molar-refractivity contribution in [2.24, 2.45) is 17.3 Å². The standard InChI is InChI=1S/C17H25NOS/c1-12(2)14-7-9-17(11-18,10-8-14)16(4,19)15-6-5-13(3)20-15/h5-6,12,14,19H,7-10H2,1-4H3. The number of nitrogens with zero attached hydrogens (tertiary/aromatic N) is 1. The molecule has 1 atom stereocenters. The summed E-state index contributed by atoms with van der Waals surface area (Å²) in [7, 11) is 0. The summed E-state index contributed by atoms with van der Waals surface area (Å²) in [6, 6.07) is 6.49. The summed E-state index contributed by atoms with van der Waals surface area (Å²) in [5, 5.41) is 20.9. The summed E-state index contributed by atoms with van der Waals surface area (Å²) >= 11 is 1.61. The number of hydrogen-bond acceptors (Lipinski definition) is 3. The van der Waals surface area contributed by atoms with Crippen LogP contribution in [0.3, 0.4) is 0 Å². The summed E-state index contributed by atoms with van der Waals surface area (Å²) in [6.45, 7) is 8.38. The van der Waals surface area contributed by atoms with Gasteiger partial charge in [0.05, 0.1) is 11.5 Å². The molecule has 1 aliphatic carbocycles. The fraction of sp³-hybridized carbons (Fsp3) is 0.706. The molecule has 1 aliphatic rings. The predicted molar refractivity (Wildman–Crippen MR) is 83.5 cm³/mol. The van der Waals surface area contributed by atoms with Gasteiger partial charge in [0.25, 0.3) is 0 Å². The van der Waals surface area contributed by atoms with Crippen LogP contribution in [0.5, 0.6) is 0 Å². The van der Waals surface area contributed by atoms with E-state index >= 15 is 0 Å². The highest BCUT2D eigenvalue weighted by molar-refractivity contribution is 7.12. The maximum atomic E-state index is 11.1. The minimum absolute atomic E-state index is 0.629. The Bertz CT molecular complexity index is 501. The van der Waals surface area contributed by atoms with Crippen LogP contribution in [0.2, 0.25) is 0 Å². The van der Waals surface area contributed by atoms with E-state index in [4.69, 9.17) is 0 Å². The molecule has 1 unspecified atom stereocenters. The molecule has 20 heavy (non-hydrogen) atoms. The van der Waals surface area contributed by atoms with E-state index < -0.39 is 11.0 Å². The summed E-state index contributed by atoms with van der Waals surface area (Å²) in [6.07, 6.45) is 3.70. The number of aryl methyl sites for hydroxylation is 1. The molecule has 3 heteroatoms. The van der Waals surface area contributed by atoms with Gasteiger partial charge in [0, 0.05) is 9.75 Å². The Balaban J connectivity index is 2.26. The molecule has 0 aromatic carbocycles. The lowest BCUT2D eigenvalue weighted by atomic mass is 9.61. The van der Waals surface area contributed by atoms with Crippen LogP contribution in [0.4, 0.5) is 0 Å². The fourth-order valence-electron chi connectivity index (χ4n) is 3.44. The van der Waals surface area contributed by atoms with Crippen LogP contribution >= 0.6 is 11.3 Å². The molecule has 2 nitrogen and oxygen atoms in total. The first kappa shape index (κ1) is 15.5. The third-order valence-electron chi connectivity index (χ3n) is 5.19. The molecule has 1 N–H and O–H groups in total. The molecule has 0 bridgehead atoms. The Morgan fingerprint density at radius 2 is 2.00 bits per heavy atom. The zero-order valence-electron chi connectivity index (χ0n) is 12.9. The van der Waals surface area contributed by atoms with Crippen LogP contribution < -0.4 is 0 Å². The lowest BCUT2D eigenvalue weighted by Crippen LogP contribution is -2.45. The van der Waals surface area contributed by atoms with Gasteiger partial charge in [0.1, 0.15) is 5.60 Å². The molecule has 1 fully saturated rings. The highest BCUT2D eigenvalue weighted by Gasteiger charge is 2.51. The highest BCUT2D eigenvalue weighted by atomic mass is 32.1. The summed E-state index contributed by atoms with van der Waals surface area (Å²) < 4.78 is 0. The molecule has 110 valence electrons. The number of hydrogen-bond donors (Lipinski definition) is 1. The third kappa shape index (κ3) is 2.52. The van der Waals surface area contributed by atoms with Gasteiger partial charge in [0.2, 0.25) is 0 Å². The highest BCUT2D eigenvalue weighted by Crippen LogP contribution is 2.52. The summed E-state index contributed by atoms with van der Waals surface area (Å²) in [5.41, 5.74) is -1.67. The van der Waals surface area contributed by atoms with Gasteiger partial charge in [-0.05, 0) is 63.5 Å². The van der Waals surface area contributed by atoms with Crippen molar-refractivity contribution in [2.45, 2.75) is 59.0 Å². The van der Waals surface area contributed by atoms with Gasteiger partial charge in [0.15, 0.2) is 0 Å². The maximum Gasteiger partial charge on any atom is 0.114 e. The van der Waals surface area contributed by atoms with Crippen molar-refractivity contribution in [1.29, 1.82) is 5.26 Å². The van der Waals surface area contributed by atoms with E-state index in [1.54, 1.807) is 11.3 Å². The van der Waals surface area contributed by atoms with Crippen molar-refractivity contribution in [3.05, 3.63) is 21.9 Å². The fourth-order valence-corrected chi connectivity index (χ4v) is 4.45. The van der Waals surface area contributed by atoms with Crippen molar-refractivity contribution >= 4 is 11.3 Å². The molecule has 2 rings (SSSR count). The van der Waals surface area contributed by atoms with E-state index in [0.29, 0.717) is 11.8 Å². The summed E-state index contributed by atoms with van der Waals surface area (Å²) in [4.78, 5) is 2.11. The number of thiophene rings is 1. The second-order valence-electron chi connectivity index (χ2n) is 6.76. The molecule has 0 saturated heterocycles. The van der Waals surface area contributed by atoms with E-state index in [9.17, 15) is 10.4 Å². The van der Waals surface area contributed by atoms with E-state index in [1.165, 1.54) is 4.88 Å². The first-order valence-corrected chi connectivity index (χ1v) is 8.34. The van der Waals surface area contributed by atoms with E-state index in [1.807, 2.05) is 26.0 Å². The van der Waals surface area contributed by atoms with Gasteiger partial charge in [-0.3, -0.25) is 0 Å². The summed E-state index contributed by atoms with van der Waals surface area (Å²) in [5.74, 6) is 1.36. The van der Waals surface area contributed by atoms with Gasteiger partial charge in [-0.15, -0.1) is 11.3 Å². The molecule has 0 aliphatic heterocycles. The number of aliphatic hydroxyl groups is 1. The van der Waals surface area contributed by atoms with E-state index in [2.05, 4.69) is 19.9 Å². The zero-order chi connectivity index (χ0) is 15.0. The Hall–Kier alpha value is -0.850.